The van der Waals surface area contributed by atoms with Crippen molar-refractivity contribution in [3.05, 3.63) is 62.1 Å². The van der Waals surface area contributed by atoms with Gasteiger partial charge in [-0.1, -0.05) is 15.9 Å². The van der Waals surface area contributed by atoms with Gasteiger partial charge in [0.1, 0.15) is 11.5 Å². The van der Waals surface area contributed by atoms with Gasteiger partial charge in [0.25, 0.3) is 5.69 Å². The van der Waals surface area contributed by atoms with Crippen molar-refractivity contribution in [2.75, 3.05) is 0 Å². The molecule has 104 valence electrons. The van der Waals surface area contributed by atoms with E-state index in [4.69, 9.17) is 4.74 Å². The summed E-state index contributed by atoms with van der Waals surface area (Å²) in [6.45, 7) is 1.62. The Morgan fingerprint density at radius 1 is 1.25 bits per heavy atom. The maximum absolute atomic E-state index is 10.8. The minimum Gasteiger partial charge on any atom is -0.456 e. The maximum atomic E-state index is 10.8. The highest BCUT2D eigenvalue weighted by molar-refractivity contribution is 9.10. The summed E-state index contributed by atoms with van der Waals surface area (Å²) in [4.78, 5) is 10.3. The molecule has 0 radical (unpaired) electrons. The van der Waals surface area contributed by atoms with Gasteiger partial charge in [0.05, 0.1) is 17.6 Å². The summed E-state index contributed by atoms with van der Waals surface area (Å²) in [5, 5.41) is 20.1. The lowest BCUT2D eigenvalue weighted by Gasteiger charge is -2.12. The van der Waals surface area contributed by atoms with Crippen LogP contribution in [-0.2, 0) is 6.61 Å². The molecule has 0 aliphatic rings. The highest BCUT2D eigenvalue weighted by Crippen LogP contribution is 2.32. The minimum absolute atomic E-state index is 0.0340. The van der Waals surface area contributed by atoms with E-state index in [0.29, 0.717) is 17.1 Å². The molecule has 0 unspecified atom stereocenters. The SMILES string of the molecule is Cc1ccc([N+](=O)[O-])cc1Oc1ccc(Br)cc1CO. The molecule has 0 aliphatic heterocycles. The van der Waals surface area contributed by atoms with Gasteiger partial charge in [-0.25, -0.2) is 0 Å². The molecule has 2 aromatic rings. The Kier molecular flexibility index (Phi) is 4.36. The maximum Gasteiger partial charge on any atom is 0.273 e. The van der Waals surface area contributed by atoms with Crippen molar-refractivity contribution in [1.29, 1.82) is 0 Å². The molecule has 0 aliphatic carbocycles. The van der Waals surface area contributed by atoms with Crippen LogP contribution in [0.1, 0.15) is 11.1 Å². The fourth-order valence-corrected chi connectivity index (χ4v) is 2.11. The molecule has 0 amide bonds. The second kappa shape index (κ2) is 6.02. The summed E-state index contributed by atoms with van der Waals surface area (Å²) in [5.41, 5.74) is 1.35. The summed E-state index contributed by atoms with van der Waals surface area (Å²) in [6.07, 6.45) is 0. The van der Waals surface area contributed by atoms with Crippen LogP contribution < -0.4 is 4.74 Å². The van der Waals surface area contributed by atoms with Crippen LogP contribution in [0.4, 0.5) is 5.69 Å². The molecule has 5 nitrogen and oxygen atoms in total. The first-order valence-electron chi connectivity index (χ1n) is 5.83. The Morgan fingerprint density at radius 3 is 2.65 bits per heavy atom. The Hall–Kier alpha value is -1.92. The normalized spacial score (nSPS) is 10.3. The quantitative estimate of drug-likeness (QED) is 0.677. The van der Waals surface area contributed by atoms with Crippen molar-refractivity contribution in [1.82, 2.24) is 0 Å². The third kappa shape index (κ3) is 3.15. The topological polar surface area (TPSA) is 72.6 Å². The van der Waals surface area contributed by atoms with Crippen LogP contribution in [0, 0.1) is 17.0 Å². The van der Waals surface area contributed by atoms with Gasteiger partial charge < -0.3 is 9.84 Å². The van der Waals surface area contributed by atoms with E-state index in [-0.39, 0.29) is 12.3 Å². The second-order valence-corrected chi connectivity index (χ2v) is 5.13. The van der Waals surface area contributed by atoms with E-state index in [1.165, 1.54) is 12.1 Å². The predicted molar refractivity (Wildman–Crippen MR) is 78.0 cm³/mol. The summed E-state index contributed by atoms with van der Waals surface area (Å²) in [5.74, 6) is 0.871. The number of hydrogen-bond donors (Lipinski definition) is 1. The van der Waals surface area contributed by atoms with E-state index >= 15 is 0 Å². The van der Waals surface area contributed by atoms with Crippen molar-refractivity contribution in [3.63, 3.8) is 0 Å². The van der Waals surface area contributed by atoms with E-state index in [1.54, 1.807) is 31.2 Å². The fourth-order valence-electron chi connectivity index (χ4n) is 1.70. The number of ether oxygens (including phenoxy) is 1. The number of aliphatic hydroxyl groups is 1. The number of aryl methyl sites for hydroxylation is 1. The number of nitro benzene ring substituents is 1. The molecule has 6 heteroatoms. The Labute approximate surface area is 124 Å². The van der Waals surface area contributed by atoms with Gasteiger partial charge >= 0.3 is 0 Å². The number of aliphatic hydroxyl groups excluding tert-OH is 1. The van der Waals surface area contributed by atoms with Crippen LogP contribution in [-0.4, -0.2) is 10.0 Å². The van der Waals surface area contributed by atoms with Crippen molar-refractivity contribution in [3.8, 4) is 11.5 Å². The number of nitro groups is 1. The Bertz CT molecular complexity index is 658. The standard InChI is InChI=1S/C14H12BrNO4/c1-9-2-4-12(16(18)19)7-14(9)20-13-5-3-11(15)6-10(13)8-17/h2-7,17H,8H2,1H3. The number of rotatable bonds is 4. The molecule has 0 bridgehead atoms. The van der Waals surface area contributed by atoms with Crippen LogP contribution in [0.3, 0.4) is 0 Å². The highest BCUT2D eigenvalue weighted by Gasteiger charge is 2.12. The smallest absolute Gasteiger partial charge is 0.273 e. The summed E-state index contributed by atoms with van der Waals surface area (Å²) in [6, 6.07) is 9.65. The lowest BCUT2D eigenvalue weighted by Crippen LogP contribution is -1.95. The average Bonchev–Trinajstić information content (AvgIpc) is 2.42. The van der Waals surface area contributed by atoms with Crippen molar-refractivity contribution >= 4 is 21.6 Å². The molecule has 0 spiro atoms. The summed E-state index contributed by atoms with van der Waals surface area (Å²) in [7, 11) is 0. The Balaban J connectivity index is 2.39. The van der Waals surface area contributed by atoms with Crippen molar-refractivity contribution in [2.24, 2.45) is 0 Å². The molecule has 2 aromatic carbocycles. The van der Waals surface area contributed by atoms with Crippen LogP contribution in [0.15, 0.2) is 40.9 Å². The first-order chi connectivity index (χ1) is 9.51. The largest absolute Gasteiger partial charge is 0.456 e. The van der Waals surface area contributed by atoms with Crippen LogP contribution >= 0.6 is 15.9 Å². The van der Waals surface area contributed by atoms with Crippen molar-refractivity contribution in [2.45, 2.75) is 13.5 Å². The molecule has 0 saturated heterocycles. The van der Waals surface area contributed by atoms with E-state index in [0.717, 1.165) is 10.0 Å². The average molecular weight is 338 g/mol. The molecule has 1 N–H and O–H groups in total. The number of nitrogens with zero attached hydrogens (tertiary/aromatic N) is 1. The van der Waals surface area contributed by atoms with E-state index in [1.807, 2.05) is 0 Å². The number of benzene rings is 2. The minimum atomic E-state index is -0.471. The number of non-ortho nitro benzene ring substituents is 1. The molecule has 0 saturated carbocycles. The molecule has 2 rings (SSSR count). The molecular formula is C14H12BrNO4. The first-order valence-corrected chi connectivity index (χ1v) is 6.62. The Morgan fingerprint density at radius 2 is 2.00 bits per heavy atom. The van der Waals surface area contributed by atoms with E-state index < -0.39 is 4.92 Å². The molecule has 0 aromatic heterocycles. The van der Waals surface area contributed by atoms with Gasteiger partial charge in [0, 0.05) is 16.1 Å². The number of halogens is 1. The molecular weight excluding hydrogens is 326 g/mol. The summed E-state index contributed by atoms with van der Waals surface area (Å²) >= 11 is 3.31. The lowest BCUT2D eigenvalue weighted by atomic mass is 10.2. The first kappa shape index (κ1) is 14.5. The van der Waals surface area contributed by atoms with Gasteiger partial charge in [-0.2, -0.15) is 0 Å². The van der Waals surface area contributed by atoms with Crippen LogP contribution in [0.25, 0.3) is 0 Å². The molecule has 0 heterocycles. The predicted octanol–water partition coefficient (Wildman–Crippen LogP) is 3.95. The monoisotopic (exact) mass is 337 g/mol. The van der Waals surface area contributed by atoms with Gasteiger partial charge in [-0.15, -0.1) is 0 Å². The van der Waals surface area contributed by atoms with Crippen LogP contribution in [0.5, 0.6) is 11.5 Å². The van der Waals surface area contributed by atoms with Crippen LogP contribution in [0.2, 0.25) is 0 Å². The van der Waals surface area contributed by atoms with Gasteiger partial charge in [0.15, 0.2) is 0 Å². The zero-order valence-corrected chi connectivity index (χ0v) is 12.3. The summed E-state index contributed by atoms with van der Waals surface area (Å²) < 4.78 is 6.52. The van der Waals surface area contributed by atoms with Crippen molar-refractivity contribution < 1.29 is 14.8 Å². The highest BCUT2D eigenvalue weighted by atomic mass is 79.9. The third-order valence-corrected chi connectivity index (χ3v) is 3.29. The van der Waals surface area contributed by atoms with Gasteiger partial charge in [-0.05, 0) is 36.8 Å². The van der Waals surface area contributed by atoms with E-state index in [2.05, 4.69) is 15.9 Å². The third-order valence-electron chi connectivity index (χ3n) is 2.80. The fraction of sp³-hybridized carbons (Fsp3) is 0.143. The lowest BCUT2D eigenvalue weighted by molar-refractivity contribution is -0.384. The van der Waals surface area contributed by atoms with E-state index in [9.17, 15) is 15.2 Å². The zero-order chi connectivity index (χ0) is 14.7. The second-order valence-electron chi connectivity index (χ2n) is 4.22. The zero-order valence-electron chi connectivity index (χ0n) is 10.7. The van der Waals surface area contributed by atoms with Gasteiger partial charge in [0.2, 0.25) is 0 Å². The molecule has 20 heavy (non-hydrogen) atoms. The molecule has 0 atom stereocenters. The van der Waals surface area contributed by atoms with Gasteiger partial charge in [-0.3, -0.25) is 10.1 Å². The number of hydrogen-bond acceptors (Lipinski definition) is 4. The molecule has 0 fully saturated rings.